The number of unbranched alkanes of at least 4 members (excludes halogenated alkanes) is 1. The average molecular weight is 350 g/mol. The van der Waals surface area contributed by atoms with Crippen LogP contribution in [0.5, 0.6) is 5.75 Å². The van der Waals surface area contributed by atoms with Gasteiger partial charge in [-0.2, -0.15) is 0 Å². The minimum atomic E-state index is -0.106. The van der Waals surface area contributed by atoms with E-state index in [0.29, 0.717) is 28.9 Å². The van der Waals surface area contributed by atoms with Crippen molar-refractivity contribution in [3.63, 3.8) is 0 Å². The second-order valence-electron chi connectivity index (χ2n) is 6.80. The van der Waals surface area contributed by atoms with E-state index in [1.54, 1.807) is 0 Å². The van der Waals surface area contributed by atoms with Gasteiger partial charge in [0.05, 0.1) is 17.5 Å². The van der Waals surface area contributed by atoms with Gasteiger partial charge in [-0.15, -0.1) is 0 Å². The summed E-state index contributed by atoms with van der Waals surface area (Å²) in [6, 6.07) is 13.3. The Morgan fingerprint density at radius 3 is 2.54 bits per heavy atom. The smallest absolute Gasteiger partial charge is 0.256 e. The van der Waals surface area contributed by atoms with E-state index in [1.165, 1.54) is 0 Å². The Morgan fingerprint density at radius 1 is 0.962 bits per heavy atom. The fourth-order valence-electron chi connectivity index (χ4n) is 3.29. The molecular weight excluding hydrogens is 328 g/mol. The normalized spacial score (nSPS) is 11.8. The van der Waals surface area contributed by atoms with Gasteiger partial charge in [0, 0.05) is 10.8 Å². The van der Waals surface area contributed by atoms with Crippen LogP contribution in [0.3, 0.4) is 0 Å². The van der Waals surface area contributed by atoms with Gasteiger partial charge in [0.1, 0.15) is 0 Å². The zero-order chi connectivity index (χ0) is 18.1. The second kappa shape index (κ2) is 6.84. The van der Waals surface area contributed by atoms with E-state index >= 15 is 0 Å². The summed E-state index contributed by atoms with van der Waals surface area (Å²) < 4.78 is 12.1. The molecule has 0 aliphatic heterocycles. The summed E-state index contributed by atoms with van der Waals surface area (Å²) in [5.41, 5.74) is 1.99. The Labute approximate surface area is 151 Å². The van der Waals surface area contributed by atoms with E-state index in [9.17, 15) is 4.79 Å². The Kier molecular flexibility index (Phi) is 4.39. The summed E-state index contributed by atoms with van der Waals surface area (Å²) in [5, 5.41) is 2.32. The number of nitrogens with one attached hydrogen (secondary N) is 1. The quantitative estimate of drug-likeness (QED) is 0.531. The number of fused-ring (bicyclic) bond motifs is 5. The van der Waals surface area contributed by atoms with Crippen molar-refractivity contribution in [1.29, 1.82) is 0 Å². The molecule has 5 nitrogen and oxygen atoms in total. The van der Waals surface area contributed by atoms with E-state index in [4.69, 9.17) is 9.15 Å². The minimum Gasteiger partial charge on any atom is -0.490 e. The molecule has 0 aliphatic carbocycles. The fourth-order valence-corrected chi connectivity index (χ4v) is 3.29. The molecule has 2 heterocycles. The first kappa shape index (κ1) is 16.7. The molecule has 1 N–H and O–H groups in total. The van der Waals surface area contributed by atoms with Crippen molar-refractivity contribution in [3.8, 4) is 5.75 Å². The number of nitrogens with zero attached hydrogens (tertiary/aromatic N) is 1. The van der Waals surface area contributed by atoms with Crippen LogP contribution in [0, 0.1) is 0 Å². The lowest BCUT2D eigenvalue weighted by molar-refractivity contribution is 0.293. The first-order chi connectivity index (χ1) is 12.6. The van der Waals surface area contributed by atoms with Crippen molar-refractivity contribution < 1.29 is 9.15 Å². The molecule has 4 rings (SSSR count). The predicted molar refractivity (Wildman–Crippen MR) is 105 cm³/mol. The molecule has 5 heteroatoms. The van der Waals surface area contributed by atoms with Gasteiger partial charge < -0.3 is 19.0 Å². The molecule has 0 atom stereocenters. The Bertz CT molecular complexity index is 1120. The van der Waals surface area contributed by atoms with Gasteiger partial charge in [-0.05, 0) is 51.7 Å². The number of hydrogen-bond donors (Lipinski definition) is 1. The molecule has 134 valence electrons. The molecule has 0 saturated heterocycles. The van der Waals surface area contributed by atoms with Crippen LogP contribution in [0.4, 0.5) is 0 Å². The van der Waals surface area contributed by atoms with Crippen LogP contribution in [-0.2, 0) is 0 Å². The van der Waals surface area contributed by atoms with Gasteiger partial charge in [0.15, 0.2) is 16.9 Å². The summed E-state index contributed by atoms with van der Waals surface area (Å²) in [5.74, 6) is 0.716. The van der Waals surface area contributed by atoms with Crippen molar-refractivity contribution >= 4 is 32.8 Å². The summed E-state index contributed by atoms with van der Waals surface area (Å²) in [6.07, 6.45) is 2.07. The number of rotatable bonds is 6. The zero-order valence-corrected chi connectivity index (χ0v) is 15.0. The zero-order valence-electron chi connectivity index (χ0n) is 15.0. The first-order valence-corrected chi connectivity index (χ1v) is 8.89. The molecule has 0 aliphatic rings. The maximum absolute atomic E-state index is 12.4. The van der Waals surface area contributed by atoms with E-state index in [0.717, 1.165) is 35.7 Å². The van der Waals surface area contributed by atoms with Crippen LogP contribution in [0.25, 0.3) is 32.8 Å². The van der Waals surface area contributed by atoms with Crippen LogP contribution in [0.1, 0.15) is 12.8 Å². The van der Waals surface area contributed by atoms with Crippen molar-refractivity contribution in [2.24, 2.45) is 0 Å². The average Bonchev–Trinajstić information content (AvgIpc) is 3.01. The number of aromatic nitrogens is 1. The number of aromatic amines is 1. The number of furan rings is 1. The SMILES string of the molecule is CN(C)CCCCOc1cccc2c1oc1c3ccccc3c(=O)[nH]c21. The fraction of sp³-hybridized carbons (Fsp3) is 0.286. The molecule has 4 aromatic rings. The standard InChI is InChI=1S/C21H22N2O3/c1-23(2)12-5-6-13-25-17-11-7-10-16-18-20(26-19(16)17)14-8-3-4-9-15(14)21(24)22-18/h3-4,7-11H,5-6,12-13H2,1-2H3,(H,22,24). The number of hydrogen-bond acceptors (Lipinski definition) is 4. The van der Waals surface area contributed by atoms with Gasteiger partial charge in [-0.25, -0.2) is 0 Å². The molecule has 0 radical (unpaired) electrons. The minimum absolute atomic E-state index is 0.106. The monoisotopic (exact) mass is 350 g/mol. The van der Waals surface area contributed by atoms with Crippen LogP contribution >= 0.6 is 0 Å². The molecule has 0 bridgehead atoms. The van der Waals surface area contributed by atoms with Gasteiger partial charge in [0.25, 0.3) is 5.56 Å². The molecule has 2 aromatic carbocycles. The third-order valence-corrected chi connectivity index (χ3v) is 4.59. The predicted octanol–water partition coefficient (Wildman–Crippen LogP) is 4.15. The van der Waals surface area contributed by atoms with E-state index in [1.807, 2.05) is 42.5 Å². The maximum atomic E-state index is 12.4. The van der Waals surface area contributed by atoms with Crippen LogP contribution in [0.2, 0.25) is 0 Å². The van der Waals surface area contributed by atoms with Crippen molar-refractivity contribution in [3.05, 3.63) is 52.8 Å². The highest BCUT2D eigenvalue weighted by Gasteiger charge is 2.15. The highest BCUT2D eigenvalue weighted by atomic mass is 16.5. The second-order valence-corrected chi connectivity index (χ2v) is 6.80. The molecule has 0 unspecified atom stereocenters. The van der Waals surface area contributed by atoms with E-state index in [2.05, 4.69) is 24.0 Å². The maximum Gasteiger partial charge on any atom is 0.256 e. The van der Waals surface area contributed by atoms with E-state index < -0.39 is 0 Å². The Morgan fingerprint density at radius 2 is 1.73 bits per heavy atom. The topological polar surface area (TPSA) is 58.5 Å². The number of ether oxygens (including phenoxy) is 1. The van der Waals surface area contributed by atoms with Crippen LogP contribution < -0.4 is 10.3 Å². The summed E-state index contributed by atoms with van der Waals surface area (Å²) in [4.78, 5) is 17.5. The van der Waals surface area contributed by atoms with Gasteiger partial charge in [-0.3, -0.25) is 4.79 Å². The lowest BCUT2D eigenvalue weighted by Crippen LogP contribution is -2.13. The number of benzene rings is 2. The molecule has 0 spiro atoms. The largest absolute Gasteiger partial charge is 0.490 e. The molecule has 0 amide bonds. The van der Waals surface area contributed by atoms with Gasteiger partial charge >= 0.3 is 0 Å². The number of H-pyrrole nitrogens is 1. The summed E-state index contributed by atoms with van der Waals surface area (Å²) in [6.45, 7) is 1.69. The first-order valence-electron chi connectivity index (χ1n) is 8.89. The van der Waals surface area contributed by atoms with Crippen LogP contribution in [0.15, 0.2) is 51.7 Å². The molecule has 26 heavy (non-hydrogen) atoms. The Balaban J connectivity index is 1.73. The van der Waals surface area contributed by atoms with Crippen LogP contribution in [-0.4, -0.2) is 37.1 Å². The van der Waals surface area contributed by atoms with Crippen molar-refractivity contribution in [2.45, 2.75) is 12.8 Å². The number of para-hydroxylation sites is 1. The lowest BCUT2D eigenvalue weighted by Gasteiger charge is -2.09. The van der Waals surface area contributed by atoms with Gasteiger partial charge in [0.2, 0.25) is 0 Å². The Hall–Kier alpha value is -2.79. The molecule has 0 saturated carbocycles. The summed E-state index contributed by atoms with van der Waals surface area (Å²) >= 11 is 0. The highest BCUT2D eigenvalue weighted by Crippen LogP contribution is 2.35. The van der Waals surface area contributed by atoms with Gasteiger partial charge in [-0.1, -0.05) is 24.3 Å². The number of pyridine rings is 1. The third-order valence-electron chi connectivity index (χ3n) is 4.59. The van der Waals surface area contributed by atoms with Crippen molar-refractivity contribution in [2.75, 3.05) is 27.2 Å². The van der Waals surface area contributed by atoms with Crippen molar-refractivity contribution in [1.82, 2.24) is 9.88 Å². The lowest BCUT2D eigenvalue weighted by atomic mass is 10.1. The third kappa shape index (κ3) is 2.95. The van der Waals surface area contributed by atoms with E-state index in [-0.39, 0.29) is 5.56 Å². The molecule has 2 aromatic heterocycles. The molecule has 0 fully saturated rings. The molecular formula is C21H22N2O3. The highest BCUT2D eigenvalue weighted by molar-refractivity contribution is 6.13. The summed E-state index contributed by atoms with van der Waals surface area (Å²) in [7, 11) is 4.14.